The minimum absolute atomic E-state index is 0. The molecule has 0 unspecified atom stereocenters. The van der Waals surface area contributed by atoms with E-state index >= 15 is 0 Å². The molecule has 7 aromatic rings. The van der Waals surface area contributed by atoms with Crippen LogP contribution in [-0.2, 0) is 33.3 Å². The number of benzene rings is 4. The predicted molar refractivity (Wildman–Crippen MR) is 197 cm³/mol. The average Bonchev–Trinajstić information content (AvgIpc) is 3.58. The largest absolute Gasteiger partial charge is 2.00 e. The molecular weight excluding hydrogens is 695 g/mol. The zero-order valence-corrected chi connectivity index (χ0v) is 30.9. The van der Waals surface area contributed by atoms with Gasteiger partial charge in [0.1, 0.15) is 5.82 Å². The van der Waals surface area contributed by atoms with Crippen LogP contribution < -0.4 is 4.74 Å². The number of unbranched alkanes of at least 4 members (excludes halogenated alkanes) is 1. The smallest absolute Gasteiger partial charge is 0.509 e. The number of para-hydroxylation sites is 1. The predicted octanol–water partition coefficient (Wildman–Crippen LogP) is 10.9. The number of rotatable bonds is 9. The molecule has 0 aliphatic rings. The summed E-state index contributed by atoms with van der Waals surface area (Å²) in [5, 5.41) is 7.51. The van der Waals surface area contributed by atoms with E-state index in [2.05, 4.69) is 124 Å². The maximum Gasteiger partial charge on any atom is 2.00 e. The quantitative estimate of drug-likeness (QED) is 0.109. The Hall–Kier alpha value is -4.50. The summed E-state index contributed by atoms with van der Waals surface area (Å²) in [5.74, 6) is 2.12. The minimum atomic E-state index is 0. The SMILES string of the molecule is CCCCc1c(-c2c(C)cc(C)cc2C)c(CC)nn1-c1[c-]c(Oc2[c-]c3c(cc2)c2ccccc2n3-c2cc(C)ccn2)cc(C)c1.[Pd+2]. The number of aryl methyl sites for hydroxylation is 6. The molecule has 0 bridgehead atoms. The van der Waals surface area contributed by atoms with Gasteiger partial charge in [-0.25, -0.2) is 4.98 Å². The van der Waals surface area contributed by atoms with Gasteiger partial charge < -0.3 is 9.30 Å². The van der Waals surface area contributed by atoms with Crippen LogP contribution >= 0.6 is 0 Å². The van der Waals surface area contributed by atoms with Crippen LogP contribution in [0.15, 0.2) is 79.0 Å². The van der Waals surface area contributed by atoms with E-state index in [1.165, 1.54) is 33.5 Å². The normalized spacial score (nSPS) is 11.3. The third-order valence-corrected chi connectivity index (χ3v) is 9.19. The van der Waals surface area contributed by atoms with Crippen molar-refractivity contribution in [1.82, 2.24) is 19.3 Å². The summed E-state index contributed by atoms with van der Waals surface area (Å²) in [5.41, 5.74) is 13.9. The summed E-state index contributed by atoms with van der Waals surface area (Å²) in [7, 11) is 0. The van der Waals surface area contributed by atoms with Crippen LogP contribution in [0, 0.1) is 46.8 Å². The molecule has 0 aliphatic heterocycles. The molecule has 7 rings (SSSR count). The number of ether oxygens (including phenoxy) is 1. The monoisotopic (exact) mass is 736 g/mol. The van der Waals surface area contributed by atoms with Gasteiger partial charge in [0, 0.05) is 34.5 Å². The fourth-order valence-corrected chi connectivity index (χ4v) is 7.15. The second-order valence-corrected chi connectivity index (χ2v) is 13.0. The zero-order valence-electron chi connectivity index (χ0n) is 29.3. The second-order valence-electron chi connectivity index (χ2n) is 13.0. The van der Waals surface area contributed by atoms with E-state index in [-0.39, 0.29) is 20.4 Å². The van der Waals surface area contributed by atoms with E-state index in [4.69, 9.17) is 14.8 Å². The number of fused-ring (bicyclic) bond motifs is 3. The minimum Gasteiger partial charge on any atom is -0.509 e. The van der Waals surface area contributed by atoms with Crippen LogP contribution in [0.5, 0.6) is 11.5 Å². The van der Waals surface area contributed by atoms with E-state index in [9.17, 15) is 0 Å². The van der Waals surface area contributed by atoms with Crippen LogP contribution in [0.1, 0.15) is 65.9 Å². The molecular formula is C43H42N4OPd. The average molecular weight is 737 g/mol. The van der Waals surface area contributed by atoms with Gasteiger partial charge in [-0.15, -0.1) is 35.7 Å². The van der Waals surface area contributed by atoms with Gasteiger partial charge in [0.15, 0.2) is 0 Å². The first-order valence-electron chi connectivity index (χ1n) is 17.0. The fourth-order valence-electron chi connectivity index (χ4n) is 7.15. The molecule has 49 heavy (non-hydrogen) atoms. The van der Waals surface area contributed by atoms with E-state index < -0.39 is 0 Å². The Morgan fingerprint density at radius 2 is 1.49 bits per heavy atom. The number of hydrogen-bond donors (Lipinski definition) is 0. The van der Waals surface area contributed by atoms with Crippen molar-refractivity contribution in [2.24, 2.45) is 0 Å². The topological polar surface area (TPSA) is 44.9 Å². The van der Waals surface area contributed by atoms with Crippen LogP contribution in [0.4, 0.5) is 0 Å². The fraction of sp³-hybridized carbons (Fsp3) is 0.256. The van der Waals surface area contributed by atoms with Crippen LogP contribution in [-0.4, -0.2) is 19.3 Å². The van der Waals surface area contributed by atoms with Crippen molar-refractivity contribution in [2.45, 2.75) is 74.1 Å². The summed E-state index contributed by atoms with van der Waals surface area (Å²) in [6.07, 6.45) is 5.83. The standard InChI is InChI=1S/C43H42N4O.Pd/c1-8-10-14-39-43(42-30(6)20-28(4)21-31(42)7)37(9-2)45-47(39)32-22-29(5)23-34(25-32)48-33-16-17-36-35-13-11-12-15-38(35)46(40(36)26-33)41-24-27(3)18-19-44-41;/h11-13,15-24H,8-10,14H2,1-7H3;/q-2;+2. The molecule has 250 valence electrons. The van der Waals surface area contributed by atoms with Gasteiger partial charge in [-0.05, 0) is 98.5 Å². The molecule has 0 saturated heterocycles. The Balaban J connectivity index is 0.00000417. The van der Waals surface area contributed by atoms with Crippen molar-refractivity contribution in [3.05, 3.63) is 130 Å². The Morgan fingerprint density at radius 3 is 2.22 bits per heavy atom. The zero-order chi connectivity index (χ0) is 33.5. The van der Waals surface area contributed by atoms with E-state index in [0.29, 0.717) is 11.5 Å². The third kappa shape index (κ3) is 6.48. The summed E-state index contributed by atoms with van der Waals surface area (Å²) in [6.45, 7) is 15.3. The molecule has 5 nitrogen and oxygen atoms in total. The van der Waals surface area contributed by atoms with Gasteiger partial charge in [0.05, 0.1) is 5.69 Å². The first-order valence-corrected chi connectivity index (χ1v) is 17.0. The second kappa shape index (κ2) is 14.2. The molecule has 6 heteroatoms. The molecule has 0 amide bonds. The van der Waals surface area contributed by atoms with Crippen molar-refractivity contribution in [3.63, 3.8) is 0 Å². The van der Waals surface area contributed by atoms with E-state index in [1.807, 2.05) is 24.4 Å². The summed E-state index contributed by atoms with van der Waals surface area (Å²) in [6, 6.07) is 32.6. The maximum absolute atomic E-state index is 6.57. The Labute approximate surface area is 303 Å². The number of hydrogen-bond acceptors (Lipinski definition) is 3. The van der Waals surface area contributed by atoms with Crippen LogP contribution in [0.25, 0.3) is 44.4 Å². The van der Waals surface area contributed by atoms with Crippen molar-refractivity contribution in [1.29, 1.82) is 0 Å². The van der Waals surface area contributed by atoms with Crippen molar-refractivity contribution in [2.75, 3.05) is 0 Å². The number of aromatic nitrogens is 4. The molecule has 0 N–H and O–H groups in total. The molecule has 0 fully saturated rings. The molecule has 3 aromatic heterocycles. The Kier molecular flexibility index (Phi) is 9.93. The Bertz CT molecular complexity index is 2290. The Morgan fingerprint density at radius 1 is 0.735 bits per heavy atom. The molecule has 0 aliphatic carbocycles. The molecule has 4 aromatic carbocycles. The van der Waals surface area contributed by atoms with Gasteiger partial charge in [-0.1, -0.05) is 68.6 Å². The van der Waals surface area contributed by atoms with E-state index in [1.54, 1.807) is 0 Å². The molecule has 0 spiro atoms. The van der Waals surface area contributed by atoms with Crippen molar-refractivity contribution >= 4 is 21.8 Å². The first-order chi connectivity index (χ1) is 23.2. The van der Waals surface area contributed by atoms with Gasteiger partial charge in [-0.2, -0.15) is 16.7 Å². The summed E-state index contributed by atoms with van der Waals surface area (Å²) >= 11 is 0. The molecule has 3 heterocycles. The van der Waals surface area contributed by atoms with Crippen LogP contribution in [0.3, 0.4) is 0 Å². The molecule has 0 saturated carbocycles. The summed E-state index contributed by atoms with van der Waals surface area (Å²) in [4.78, 5) is 4.72. The van der Waals surface area contributed by atoms with Gasteiger partial charge in [0.2, 0.25) is 0 Å². The number of nitrogens with zero attached hydrogens (tertiary/aromatic N) is 4. The maximum atomic E-state index is 6.57. The van der Waals surface area contributed by atoms with Gasteiger partial charge >= 0.3 is 20.4 Å². The van der Waals surface area contributed by atoms with E-state index in [0.717, 1.165) is 75.8 Å². The number of pyridine rings is 1. The van der Waals surface area contributed by atoms with Crippen molar-refractivity contribution < 1.29 is 25.2 Å². The summed E-state index contributed by atoms with van der Waals surface area (Å²) < 4.78 is 10.9. The van der Waals surface area contributed by atoms with Gasteiger partial charge in [0.25, 0.3) is 0 Å². The molecule has 0 atom stereocenters. The van der Waals surface area contributed by atoms with Crippen LogP contribution in [0.2, 0.25) is 0 Å². The van der Waals surface area contributed by atoms with Crippen molar-refractivity contribution in [3.8, 4) is 34.1 Å². The first kappa shape index (κ1) is 34.4. The van der Waals surface area contributed by atoms with Gasteiger partial charge in [-0.3, -0.25) is 4.68 Å². The third-order valence-electron chi connectivity index (χ3n) is 9.19. The molecule has 0 radical (unpaired) electrons.